The van der Waals surface area contributed by atoms with Gasteiger partial charge in [0.05, 0.1) is 13.2 Å². The van der Waals surface area contributed by atoms with Crippen molar-refractivity contribution in [2.45, 2.75) is 26.2 Å². The van der Waals surface area contributed by atoms with Gasteiger partial charge in [0.2, 0.25) is 5.91 Å². The van der Waals surface area contributed by atoms with Gasteiger partial charge in [0.15, 0.2) is 17.5 Å². The molecule has 1 heterocycles. The quantitative estimate of drug-likeness (QED) is 0.445. The van der Waals surface area contributed by atoms with E-state index in [9.17, 15) is 9.18 Å². The third kappa shape index (κ3) is 7.47. The maximum atomic E-state index is 13.4. The average molecular weight is 429 g/mol. The van der Waals surface area contributed by atoms with Crippen LogP contribution in [0.5, 0.6) is 11.5 Å². The molecule has 0 aromatic heterocycles. The highest BCUT2D eigenvalue weighted by molar-refractivity contribution is 5.95. The van der Waals surface area contributed by atoms with Crippen LogP contribution in [-0.4, -0.2) is 44.7 Å². The molecule has 0 bridgehead atoms. The second kappa shape index (κ2) is 11.8. The average Bonchev–Trinajstić information content (AvgIpc) is 3.01. The Labute approximate surface area is 182 Å². The summed E-state index contributed by atoms with van der Waals surface area (Å²) in [6, 6.07) is 12.1. The van der Waals surface area contributed by atoms with Crippen LogP contribution in [0.15, 0.2) is 47.5 Å². The molecule has 1 aliphatic rings. The lowest BCUT2D eigenvalue weighted by Crippen LogP contribution is -2.34. The van der Waals surface area contributed by atoms with E-state index in [1.807, 2.05) is 31.2 Å². The van der Waals surface area contributed by atoms with Gasteiger partial charge >= 0.3 is 0 Å². The SMILES string of the molecule is CCCNC(=O)CN=C(NCCc1cccc(F)c1)Nc1ccc2c(c1)OCCCO2. The molecule has 3 N–H and O–H groups in total. The number of rotatable bonds is 8. The Balaban J connectivity index is 1.65. The number of nitrogens with zero attached hydrogens (tertiary/aromatic N) is 1. The highest BCUT2D eigenvalue weighted by Crippen LogP contribution is 2.32. The first-order valence-electron chi connectivity index (χ1n) is 10.6. The number of guanidine groups is 1. The summed E-state index contributed by atoms with van der Waals surface area (Å²) in [5.41, 5.74) is 1.64. The van der Waals surface area contributed by atoms with Gasteiger partial charge in [0.25, 0.3) is 0 Å². The van der Waals surface area contributed by atoms with E-state index < -0.39 is 0 Å². The minimum Gasteiger partial charge on any atom is -0.490 e. The molecule has 1 amide bonds. The molecule has 0 spiro atoms. The van der Waals surface area contributed by atoms with Crippen molar-refractivity contribution in [1.82, 2.24) is 10.6 Å². The second-order valence-electron chi connectivity index (χ2n) is 7.16. The molecule has 8 heteroatoms. The van der Waals surface area contributed by atoms with Crippen LogP contribution in [0.1, 0.15) is 25.3 Å². The van der Waals surface area contributed by atoms with E-state index in [2.05, 4.69) is 20.9 Å². The van der Waals surface area contributed by atoms with Crippen LogP contribution in [0.2, 0.25) is 0 Å². The fourth-order valence-corrected chi connectivity index (χ4v) is 3.01. The lowest BCUT2D eigenvalue weighted by molar-refractivity contribution is -0.119. The zero-order chi connectivity index (χ0) is 21.9. The maximum Gasteiger partial charge on any atom is 0.241 e. The Morgan fingerprint density at radius 3 is 2.71 bits per heavy atom. The Hall–Kier alpha value is -3.29. The number of aliphatic imine (C=N–C) groups is 1. The van der Waals surface area contributed by atoms with Gasteiger partial charge in [-0.1, -0.05) is 19.1 Å². The highest BCUT2D eigenvalue weighted by atomic mass is 19.1. The summed E-state index contributed by atoms with van der Waals surface area (Å²) in [7, 11) is 0. The first kappa shape index (κ1) is 22.4. The standard InChI is InChI=1S/C23H29FN4O3/c1-2-10-25-22(29)16-27-23(26-11-9-17-5-3-6-18(24)14-17)28-19-7-8-20-21(15-19)31-13-4-12-30-20/h3,5-8,14-15H,2,4,9-13,16H2,1H3,(H,25,29)(H2,26,27,28). The van der Waals surface area contributed by atoms with Gasteiger partial charge in [-0.05, 0) is 42.7 Å². The third-order valence-electron chi connectivity index (χ3n) is 4.56. The molecule has 3 rings (SSSR count). The zero-order valence-electron chi connectivity index (χ0n) is 17.7. The molecular weight excluding hydrogens is 399 g/mol. The minimum atomic E-state index is -0.260. The topological polar surface area (TPSA) is 84.0 Å². The van der Waals surface area contributed by atoms with Crippen LogP contribution >= 0.6 is 0 Å². The molecule has 0 saturated carbocycles. The number of anilines is 1. The van der Waals surface area contributed by atoms with Gasteiger partial charge in [-0.2, -0.15) is 0 Å². The van der Waals surface area contributed by atoms with Crippen molar-refractivity contribution in [3.05, 3.63) is 53.8 Å². The molecule has 1 aliphatic heterocycles. The maximum absolute atomic E-state index is 13.4. The van der Waals surface area contributed by atoms with Gasteiger partial charge in [0, 0.05) is 31.3 Å². The Bertz CT molecular complexity index is 904. The third-order valence-corrected chi connectivity index (χ3v) is 4.56. The van der Waals surface area contributed by atoms with E-state index in [1.54, 1.807) is 6.07 Å². The number of nitrogens with one attached hydrogen (secondary N) is 3. The summed E-state index contributed by atoms with van der Waals surface area (Å²) in [4.78, 5) is 16.4. The van der Waals surface area contributed by atoms with Crippen LogP contribution in [0.3, 0.4) is 0 Å². The number of carbonyl (C=O) groups excluding carboxylic acids is 1. The molecule has 166 valence electrons. The first-order valence-corrected chi connectivity index (χ1v) is 10.6. The number of hydrogen-bond donors (Lipinski definition) is 3. The molecule has 0 radical (unpaired) electrons. The molecule has 0 unspecified atom stereocenters. The first-order chi connectivity index (χ1) is 15.1. The predicted octanol–water partition coefficient (Wildman–Crippen LogP) is 3.11. The van der Waals surface area contributed by atoms with E-state index in [4.69, 9.17) is 9.47 Å². The molecule has 31 heavy (non-hydrogen) atoms. The Kier molecular flexibility index (Phi) is 8.51. The van der Waals surface area contributed by atoms with Crippen molar-refractivity contribution >= 4 is 17.6 Å². The van der Waals surface area contributed by atoms with Crippen molar-refractivity contribution in [1.29, 1.82) is 0 Å². The lowest BCUT2D eigenvalue weighted by atomic mass is 10.1. The normalized spacial score (nSPS) is 13.3. The summed E-state index contributed by atoms with van der Waals surface area (Å²) >= 11 is 0. The smallest absolute Gasteiger partial charge is 0.241 e. The molecule has 0 fully saturated rings. The van der Waals surface area contributed by atoms with Gasteiger partial charge in [0.1, 0.15) is 12.4 Å². The van der Waals surface area contributed by atoms with Crippen LogP contribution in [0.4, 0.5) is 10.1 Å². The zero-order valence-corrected chi connectivity index (χ0v) is 17.7. The van der Waals surface area contributed by atoms with Crippen LogP contribution in [-0.2, 0) is 11.2 Å². The number of benzene rings is 2. The van der Waals surface area contributed by atoms with Crippen molar-refractivity contribution in [3.63, 3.8) is 0 Å². The summed E-state index contributed by atoms with van der Waals surface area (Å²) in [5, 5.41) is 9.22. The molecule has 7 nitrogen and oxygen atoms in total. The highest BCUT2D eigenvalue weighted by Gasteiger charge is 2.12. The van der Waals surface area contributed by atoms with Crippen molar-refractivity contribution in [2.24, 2.45) is 4.99 Å². The van der Waals surface area contributed by atoms with Crippen LogP contribution < -0.4 is 25.4 Å². The number of amides is 1. The van der Waals surface area contributed by atoms with E-state index in [1.165, 1.54) is 12.1 Å². The number of hydrogen-bond acceptors (Lipinski definition) is 4. The number of fused-ring (bicyclic) bond motifs is 1. The van der Waals surface area contributed by atoms with E-state index in [0.29, 0.717) is 50.2 Å². The van der Waals surface area contributed by atoms with E-state index in [0.717, 1.165) is 24.1 Å². The summed E-state index contributed by atoms with van der Waals surface area (Å²) in [6.45, 7) is 4.36. The molecule has 0 atom stereocenters. The number of carbonyl (C=O) groups is 1. The van der Waals surface area contributed by atoms with Crippen LogP contribution in [0, 0.1) is 5.82 Å². The van der Waals surface area contributed by atoms with E-state index >= 15 is 0 Å². The van der Waals surface area contributed by atoms with Gasteiger partial charge < -0.3 is 25.4 Å². The molecular formula is C23H29FN4O3. The van der Waals surface area contributed by atoms with Crippen molar-refractivity contribution in [3.8, 4) is 11.5 Å². The molecule has 0 aliphatic carbocycles. The fraction of sp³-hybridized carbons (Fsp3) is 0.391. The Morgan fingerprint density at radius 1 is 1.06 bits per heavy atom. The van der Waals surface area contributed by atoms with Gasteiger partial charge in [-0.15, -0.1) is 0 Å². The van der Waals surface area contributed by atoms with Crippen LogP contribution in [0.25, 0.3) is 0 Å². The van der Waals surface area contributed by atoms with E-state index in [-0.39, 0.29) is 18.3 Å². The largest absolute Gasteiger partial charge is 0.490 e. The van der Waals surface area contributed by atoms with Crippen molar-refractivity contribution < 1.29 is 18.7 Å². The van der Waals surface area contributed by atoms with Gasteiger partial charge in [-0.25, -0.2) is 9.38 Å². The summed E-state index contributed by atoms with van der Waals surface area (Å²) in [6.07, 6.45) is 2.31. The van der Waals surface area contributed by atoms with Gasteiger partial charge in [-0.3, -0.25) is 4.79 Å². The predicted molar refractivity (Wildman–Crippen MR) is 119 cm³/mol. The lowest BCUT2D eigenvalue weighted by Gasteiger charge is -2.15. The Morgan fingerprint density at radius 2 is 1.90 bits per heavy atom. The number of ether oxygens (including phenoxy) is 2. The van der Waals surface area contributed by atoms with Crippen molar-refractivity contribution in [2.75, 3.05) is 38.2 Å². The number of halogens is 1. The minimum absolute atomic E-state index is 0.000149. The summed E-state index contributed by atoms with van der Waals surface area (Å²) in [5.74, 6) is 1.43. The second-order valence-corrected chi connectivity index (χ2v) is 7.16. The molecule has 2 aromatic rings. The molecule has 0 saturated heterocycles. The summed E-state index contributed by atoms with van der Waals surface area (Å²) < 4.78 is 24.8. The fourth-order valence-electron chi connectivity index (χ4n) is 3.01. The molecule has 2 aromatic carbocycles. The monoisotopic (exact) mass is 428 g/mol.